The number of carbonyl (C=O) groups is 1. The minimum Gasteiger partial charge on any atom is -0.319 e. The summed E-state index contributed by atoms with van der Waals surface area (Å²) in [5.41, 5.74) is 0.816. The Kier molecular flexibility index (Phi) is 5.44. The molecule has 1 saturated heterocycles. The number of halogens is 4. The summed E-state index contributed by atoms with van der Waals surface area (Å²) in [6.07, 6.45) is -0.133. The van der Waals surface area contributed by atoms with Gasteiger partial charge in [0.25, 0.3) is 5.91 Å². The van der Waals surface area contributed by atoms with Crippen LogP contribution in [-0.4, -0.2) is 43.9 Å². The summed E-state index contributed by atoms with van der Waals surface area (Å²) in [6, 6.07) is 4.03. The fraction of sp³-hybridized carbons (Fsp3) is 0.300. The van der Waals surface area contributed by atoms with Gasteiger partial charge in [0.15, 0.2) is 0 Å². The van der Waals surface area contributed by atoms with Crippen LogP contribution < -0.4 is 5.32 Å². The zero-order valence-electron chi connectivity index (χ0n) is 16.4. The number of nitrogens with one attached hydrogen (secondary N) is 1. The van der Waals surface area contributed by atoms with Crippen LogP contribution >= 0.6 is 0 Å². The Morgan fingerprint density at radius 3 is 2.65 bits per heavy atom. The van der Waals surface area contributed by atoms with Gasteiger partial charge in [-0.1, -0.05) is 0 Å². The number of amides is 1. The molecule has 4 rings (SSSR count). The highest BCUT2D eigenvalue weighted by molar-refractivity contribution is 6.03. The molecule has 0 aliphatic carbocycles. The second-order valence-electron chi connectivity index (χ2n) is 7.40. The van der Waals surface area contributed by atoms with Crippen molar-refractivity contribution >= 4 is 11.6 Å². The molecule has 0 radical (unpaired) electrons. The van der Waals surface area contributed by atoms with Gasteiger partial charge in [0.05, 0.1) is 35.9 Å². The van der Waals surface area contributed by atoms with Gasteiger partial charge in [-0.2, -0.15) is 28.5 Å². The number of hydrogen-bond donors (Lipinski definition) is 1. The van der Waals surface area contributed by atoms with Crippen molar-refractivity contribution in [2.75, 3.05) is 18.4 Å². The molecule has 7 nitrogen and oxygen atoms in total. The van der Waals surface area contributed by atoms with Gasteiger partial charge in [-0.25, -0.2) is 4.39 Å². The highest BCUT2D eigenvalue weighted by Crippen LogP contribution is 2.32. The summed E-state index contributed by atoms with van der Waals surface area (Å²) in [5, 5.41) is 14.4. The average molecular weight is 434 g/mol. The first-order valence-electron chi connectivity index (χ1n) is 9.42. The fourth-order valence-electron chi connectivity index (χ4n) is 3.55. The number of likely N-dealkylation sites (tertiary alicyclic amines) is 1. The Morgan fingerprint density at radius 2 is 1.97 bits per heavy atom. The lowest BCUT2D eigenvalue weighted by molar-refractivity contribution is -0.137. The van der Waals surface area contributed by atoms with Gasteiger partial charge in [-0.05, 0) is 36.8 Å². The number of nitrogens with zero attached hydrogens (tertiary/aromatic N) is 5. The summed E-state index contributed by atoms with van der Waals surface area (Å²) in [6.45, 7) is 2.87. The second-order valence-corrected chi connectivity index (χ2v) is 7.40. The molecule has 1 aliphatic heterocycles. The number of alkyl halides is 3. The number of hydrogen-bond acceptors (Lipinski definition) is 5. The molecule has 1 aliphatic rings. The number of rotatable bonds is 5. The van der Waals surface area contributed by atoms with Crippen LogP contribution in [0.2, 0.25) is 0 Å². The zero-order chi connectivity index (χ0) is 22.2. The largest absolute Gasteiger partial charge is 0.416 e. The molecule has 1 amide bonds. The molecule has 3 heterocycles. The number of aryl methyl sites for hydroxylation is 1. The normalized spacial score (nSPS) is 15.0. The van der Waals surface area contributed by atoms with E-state index in [1.807, 2.05) is 4.90 Å². The third kappa shape index (κ3) is 4.55. The van der Waals surface area contributed by atoms with Gasteiger partial charge in [0.1, 0.15) is 11.5 Å². The van der Waals surface area contributed by atoms with Crippen molar-refractivity contribution in [1.82, 2.24) is 24.9 Å². The van der Waals surface area contributed by atoms with E-state index in [2.05, 4.69) is 20.6 Å². The van der Waals surface area contributed by atoms with Crippen LogP contribution in [-0.2, 0) is 12.7 Å². The van der Waals surface area contributed by atoms with E-state index in [-0.39, 0.29) is 24.1 Å². The molecular weight excluding hydrogens is 416 g/mol. The molecule has 3 aromatic rings. The van der Waals surface area contributed by atoms with Crippen LogP contribution in [0.3, 0.4) is 0 Å². The minimum atomic E-state index is -4.60. The first-order chi connectivity index (χ1) is 14.7. The lowest BCUT2D eigenvalue weighted by Gasteiger charge is -2.40. The first-order valence-corrected chi connectivity index (χ1v) is 9.42. The topological polar surface area (TPSA) is 75.9 Å². The van der Waals surface area contributed by atoms with E-state index in [4.69, 9.17) is 0 Å². The van der Waals surface area contributed by atoms with Crippen LogP contribution in [0.4, 0.5) is 23.2 Å². The van der Waals surface area contributed by atoms with Gasteiger partial charge in [0, 0.05) is 25.2 Å². The lowest BCUT2D eigenvalue weighted by atomic mass is 10.0. The molecule has 0 unspecified atom stereocenters. The van der Waals surface area contributed by atoms with E-state index in [1.165, 1.54) is 12.4 Å². The van der Waals surface area contributed by atoms with Crippen LogP contribution in [0, 0.1) is 12.7 Å². The standard InChI is InChI=1S/C20H18F4N6O/c1-12-7-27-30(18(12)19(31)28-16-2-3-25-26-8-16)17-10-29(11-17)9-13-4-14(20(22,23)24)6-15(21)5-13/h2-8,17H,9-11H2,1H3,(H,25,28,31). The predicted molar refractivity (Wildman–Crippen MR) is 103 cm³/mol. The molecule has 1 N–H and O–H groups in total. The summed E-state index contributed by atoms with van der Waals surface area (Å²) < 4.78 is 53.9. The van der Waals surface area contributed by atoms with Gasteiger partial charge in [0.2, 0.25) is 0 Å². The van der Waals surface area contributed by atoms with E-state index in [9.17, 15) is 22.4 Å². The molecule has 1 fully saturated rings. The minimum absolute atomic E-state index is 0.124. The quantitative estimate of drug-likeness (QED) is 0.623. The molecule has 0 saturated carbocycles. The maximum absolute atomic E-state index is 13.6. The van der Waals surface area contributed by atoms with Crippen LogP contribution in [0.1, 0.15) is 33.2 Å². The Balaban J connectivity index is 1.43. The monoisotopic (exact) mass is 434 g/mol. The molecule has 0 bridgehead atoms. The third-order valence-corrected chi connectivity index (χ3v) is 5.01. The SMILES string of the molecule is Cc1cnn(C2CN(Cc3cc(F)cc(C(F)(F)F)c3)C2)c1C(=O)Nc1ccnnc1. The summed E-state index contributed by atoms with van der Waals surface area (Å²) in [5.74, 6) is -1.27. The van der Waals surface area contributed by atoms with E-state index < -0.39 is 17.6 Å². The predicted octanol–water partition coefficient (Wildman–Crippen LogP) is 3.45. The Bertz CT molecular complexity index is 1090. The molecule has 31 heavy (non-hydrogen) atoms. The summed E-state index contributed by atoms with van der Waals surface area (Å²) in [4.78, 5) is 14.6. The first kappa shape index (κ1) is 20.9. The van der Waals surface area contributed by atoms with Crippen LogP contribution in [0.5, 0.6) is 0 Å². The van der Waals surface area contributed by atoms with Crippen molar-refractivity contribution < 1.29 is 22.4 Å². The Hall–Kier alpha value is -3.34. The van der Waals surface area contributed by atoms with Crippen LogP contribution in [0.15, 0.2) is 42.9 Å². The lowest BCUT2D eigenvalue weighted by Crippen LogP contribution is -2.48. The third-order valence-electron chi connectivity index (χ3n) is 5.01. The molecule has 0 spiro atoms. The zero-order valence-corrected chi connectivity index (χ0v) is 16.4. The van der Waals surface area contributed by atoms with E-state index in [0.29, 0.717) is 36.1 Å². The number of benzene rings is 1. The van der Waals surface area contributed by atoms with Crippen molar-refractivity contribution in [3.63, 3.8) is 0 Å². The maximum atomic E-state index is 13.6. The molecular formula is C20H18F4N6O. The van der Waals surface area contributed by atoms with Gasteiger partial charge in [-0.3, -0.25) is 14.4 Å². The summed E-state index contributed by atoms with van der Waals surface area (Å²) >= 11 is 0. The fourth-order valence-corrected chi connectivity index (χ4v) is 3.55. The van der Waals surface area contributed by atoms with Crippen molar-refractivity contribution in [2.45, 2.75) is 25.7 Å². The smallest absolute Gasteiger partial charge is 0.319 e. The number of aromatic nitrogens is 4. The summed E-state index contributed by atoms with van der Waals surface area (Å²) in [7, 11) is 0. The Labute approximate surface area is 174 Å². The molecule has 1 aromatic carbocycles. The molecule has 162 valence electrons. The number of anilines is 1. The average Bonchev–Trinajstić information content (AvgIpc) is 3.05. The van der Waals surface area contributed by atoms with E-state index in [1.54, 1.807) is 23.9 Å². The maximum Gasteiger partial charge on any atom is 0.416 e. The molecule has 11 heteroatoms. The van der Waals surface area contributed by atoms with Crippen molar-refractivity contribution in [1.29, 1.82) is 0 Å². The van der Waals surface area contributed by atoms with E-state index in [0.717, 1.165) is 12.1 Å². The molecule has 0 atom stereocenters. The van der Waals surface area contributed by atoms with Gasteiger partial charge < -0.3 is 5.32 Å². The van der Waals surface area contributed by atoms with Gasteiger partial charge in [-0.15, -0.1) is 0 Å². The van der Waals surface area contributed by atoms with Gasteiger partial charge >= 0.3 is 6.18 Å². The Morgan fingerprint density at radius 1 is 1.19 bits per heavy atom. The van der Waals surface area contributed by atoms with Crippen molar-refractivity contribution in [3.8, 4) is 0 Å². The van der Waals surface area contributed by atoms with Crippen LogP contribution in [0.25, 0.3) is 0 Å². The highest BCUT2D eigenvalue weighted by Gasteiger charge is 2.34. The highest BCUT2D eigenvalue weighted by atomic mass is 19.4. The number of carbonyl (C=O) groups excluding carboxylic acids is 1. The second kappa shape index (κ2) is 8.06. The molecule has 2 aromatic heterocycles. The van der Waals surface area contributed by atoms with E-state index >= 15 is 0 Å². The van der Waals surface area contributed by atoms with Crippen molar-refractivity contribution in [3.05, 3.63) is 71.1 Å². The van der Waals surface area contributed by atoms with Crippen molar-refractivity contribution in [2.24, 2.45) is 0 Å².